The molecule has 0 spiro atoms. The Labute approximate surface area is 206 Å². The highest BCUT2D eigenvalue weighted by molar-refractivity contribution is 5.89. The average molecular weight is 489 g/mol. The van der Waals surface area contributed by atoms with Crippen LogP contribution < -0.4 is 4.74 Å². The number of imidazole rings is 1. The monoisotopic (exact) mass is 488 g/mol. The van der Waals surface area contributed by atoms with Gasteiger partial charge in [-0.15, -0.1) is 0 Å². The minimum atomic E-state index is -0.507. The minimum Gasteiger partial charge on any atom is -0.479 e. The second-order valence-corrected chi connectivity index (χ2v) is 8.26. The quantitative estimate of drug-likeness (QED) is 0.344. The van der Waals surface area contributed by atoms with Crippen LogP contribution in [0.3, 0.4) is 0 Å². The number of methoxy groups -OCH3 is 1. The fourth-order valence-electron chi connectivity index (χ4n) is 4.16. The summed E-state index contributed by atoms with van der Waals surface area (Å²) in [4.78, 5) is 37.8. The zero-order valence-electron chi connectivity index (χ0n) is 19.5. The lowest BCUT2D eigenvalue weighted by molar-refractivity contribution is -0.0438. The number of carbonyl (C=O) groups excluding carboxylic acids is 2. The summed E-state index contributed by atoms with van der Waals surface area (Å²) in [6.45, 7) is 0.103. The van der Waals surface area contributed by atoms with Crippen molar-refractivity contribution in [1.82, 2.24) is 19.5 Å². The lowest BCUT2D eigenvalue weighted by Gasteiger charge is -2.18. The normalized spacial score (nSPS) is 19.2. The number of fused-ring (bicyclic) bond motifs is 1. The smallest absolute Gasteiger partial charge is 0.338 e. The summed E-state index contributed by atoms with van der Waals surface area (Å²) in [5.74, 6) is -0.747. The molecule has 184 valence electrons. The van der Waals surface area contributed by atoms with E-state index in [0.29, 0.717) is 34.6 Å². The van der Waals surface area contributed by atoms with Gasteiger partial charge in [0.25, 0.3) is 0 Å². The van der Waals surface area contributed by atoms with E-state index in [1.165, 1.54) is 13.4 Å². The number of ether oxygens (including phenoxy) is 4. The Balaban J connectivity index is 1.33. The van der Waals surface area contributed by atoms with Gasteiger partial charge in [-0.1, -0.05) is 36.4 Å². The zero-order chi connectivity index (χ0) is 24.9. The molecule has 0 saturated carbocycles. The van der Waals surface area contributed by atoms with Gasteiger partial charge in [0.05, 0.1) is 31.2 Å². The number of hydrogen-bond donors (Lipinski definition) is 0. The van der Waals surface area contributed by atoms with Crippen molar-refractivity contribution in [2.45, 2.75) is 18.8 Å². The molecule has 0 radical (unpaired) electrons. The van der Waals surface area contributed by atoms with Crippen molar-refractivity contribution in [1.29, 1.82) is 0 Å². The molecule has 0 amide bonds. The van der Waals surface area contributed by atoms with Crippen LogP contribution in [0.2, 0.25) is 0 Å². The Morgan fingerprint density at radius 2 is 1.56 bits per heavy atom. The van der Waals surface area contributed by atoms with Gasteiger partial charge in [0, 0.05) is 12.3 Å². The van der Waals surface area contributed by atoms with Crippen molar-refractivity contribution >= 4 is 23.1 Å². The number of carbonyl (C=O) groups is 2. The average Bonchev–Trinajstić information content (AvgIpc) is 3.55. The first-order valence-corrected chi connectivity index (χ1v) is 11.5. The Morgan fingerprint density at radius 3 is 2.19 bits per heavy atom. The van der Waals surface area contributed by atoms with E-state index in [2.05, 4.69) is 15.0 Å². The van der Waals surface area contributed by atoms with Gasteiger partial charge in [-0.25, -0.2) is 19.6 Å². The molecule has 36 heavy (non-hydrogen) atoms. The van der Waals surface area contributed by atoms with Crippen molar-refractivity contribution in [2.75, 3.05) is 20.3 Å². The second-order valence-electron chi connectivity index (χ2n) is 8.26. The first kappa shape index (κ1) is 23.4. The molecule has 1 fully saturated rings. The molecule has 3 atom stereocenters. The maximum atomic E-state index is 12.5. The van der Waals surface area contributed by atoms with Crippen LogP contribution in [-0.4, -0.2) is 57.9 Å². The van der Waals surface area contributed by atoms with Crippen LogP contribution in [0.5, 0.6) is 5.88 Å². The predicted octanol–water partition coefficient (Wildman–Crippen LogP) is 3.45. The van der Waals surface area contributed by atoms with Gasteiger partial charge < -0.3 is 18.9 Å². The van der Waals surface area contributed by atoms with Crippen LogP contribution in [0.25, 0.3) is 11.2 Å². The van der Waals surface area contributed by atoms with Gasteiger partial charge in [0.2, 0.25) is 5.88 Å². The van der Waals surface area contributed by atoms with Gasteiger partial charge in [-0.05, 0) is 24.3 Å². The van der Waals surface area contributed by atoms with Crippen LogP contribution in [0.1, 0.15) is 33.4 Å². The van der Waals surface area contributed by atoms with Gasteiger partial charge in [-0.2, -0.15) is 4.98 Å². The molecular formula is C26H24N4O6. The molecule has 5 rings (SSSR count). The molecule has 10 heteroatoms. The molecule has 2 aromatic carbocycles. The summed E-state index contributed by atoms with van der Waals surface area (Å²) >= 11 is 0. The van der Waals surface area contributed by atoms with Crippen molar-refractivity contribution in [2.24, 2.45) is 5.92 Å². The SMILES string of the molecule is COc1ncnc2c1ncn2C1C[C@H](COC(=O)c2ccccc2)[C@@H](COC(=O)c2ccccc2)O1. The van der Waals surface area contributed by atoms with Crippen LogP contribution in [0.4, 0.5) is 0 Å². The zero-order valence-corrected chi connectivity index (χ0v) is 19.5. The van der Waals surface area contributed by atoms with Crippen molar-refractivity contribution in [3.63, 3.8) is 0 Å². The third-order valence-electron chi connectivity index (χ3n) is 6.02. The molecule has 3 heterocycles. The molecule has 1 aliphatic rings. The highest BCUT2D eigenvalue weighted by atomic mass is 16.6. The first-order valence-electron chi connectivity index (χ1n) is 11.5. The topological polar surface area (TPSA) is 115 Å². The number of benzene rings is 2. The Kier molecular flexibility index (Phi) is 6.85. The molecule has 0 N–H and O–H groups in total. The van der Waals surface area contributed by atoms with Crippen LogP contribution in [0, 0.1) is 5.92 Å². The maximum Gasteiger partial charge on any atom is 0.338 e. The van der Waals surface area contributed by atoms with Gasteiger partial charge in [-0.3, -0.25) is 4.57 Å². The van der Waals surface area contributed by atoms with Crippen LogP contribution >= 0.6 is 0 Å². The summed E-state index contributed by atoms with van der Waals surface area (Å²) < 4.78 is 24.5. The molecule has 1 aliphatic heterocycles. The van der Waals surface area contributed by atoms with E-state index < -0.39 is 24.3 Å². The van der Waals surface area contributed by atoms with Gasteiger partial charge in [0.15, 0.2) is 11.2 Å². The highest BCUT2D eigenvalue weighted by Crippen LogP contribution is 2.36. The Bertz CT molecular complexity index is 1280. The fraction of sp³-hybridized carbons (Fsp3) is 0.269. The lowest BCUT2D eigenvalue weighted by atomic mass is 10.0. The van der Waals surface area contributed by atoms with Crippen LogP contribution in [0.15, 0.2) is 73.3 Å². The Morgan fingerprint density at radius 1 is 0.917 bits per heavy atom. The predicted molar refractivity (Wildman–Crippen MR) is 127 cm³/mol. The molecule has 1 saturated heterocycles. The number of aromatic nitrogens is 4. The van der Waals surface area contributed by atoms with E-state index in [1.807, 2.05) is 12.1 Å². The number of hydrogen-bond acceptors (Lipinski definition) is 9. The molecule has 0 bridgehead atoms. The van der Waals surface area contributed by atoms with E-state index in [1.54, 1.807) is 59.4 Å². The summed E-state index contributed by atoms with van der Waals surface area (Å²) in [7, 11) is 1.51. The molecular weight excluding hydrogens is 464 g/mol. The largest absolute Gasteiger partial charge is 0.479 e. The molecule has 0 aliphatic carbocycles. The van der Waals surface area contributed by atoms with E-state index in [9.17, 15) is 9.59 Å². The van der Waals surface area contributed by atoms with E-state index in [4.69, 9.17) is 18.9 Å². The molecule has 10 nitrogen and oxygen atoms in total. The fourth-order valence-corrected chi connectivity index (χ4v) is 4.16. The molecule has 2 aromatic heterocycles. The summed E-state index contributed by atoms with van der Waals surface area (Å²) in [5, 5.41) is 0. The number of esters is 2. The summed E-state index contributed by atoms with van der Waals surface area (Å²) in [6, 6.07) is 17.5. The van der Waals surface area contributed by atoms with Crippen molar-refractivity contribution in [3.05, 3.63) is 84.4 Å². The molecule has 4 aromatic rings. The van der Waals surface area contributed by atoms with E-state index in [-0.39, 0.29) is 19.1 Å². The third-order valence-corrected chi connectivity index (χ3v) is 6.02. The van der Waals surface area contributed by atoms with E-state index >= 15 is 0 Å². The number of nitrogens with zero attached hydrogens (tertiary/aromatic N) is 4. The minimum absolute atomic E-state index is 0.00270. The first-order chi connectivity index (χ1) is 17.6. The van der Waals surface area contributed by atoms with Crippen molar-refractivity contribution < 1.29 is 28.5 Å². The Hall–Kier alpha value is -4.31. The maximum absolute atomic E-state index is 12.5. The summed E-state index contributed by atoms with van der Waals surface area (Å²) in [5.41, 5.74) is 1.97. The molecule has 1 unspecified atom stereocenters. The van der Waals surface area contributed by atoms with Crippen LogP contribution in [-0.2, 0) is 14.2 Å². The standard InChI is InChI=1S/C26H24N4O6/c1-33-24-22-23(27-15-28-24)30(16-29-22)21-12-19(13-34-25(31)17-8-4-2-5-9-17)20(36-21)14-35-26(32)18-10-6-3-7-11-18/h2-11,15-16,19-21H,12-14H2,1H3/t19-,20-,21?/m1/s1. The van der Waals surface area contributed by atoms with E-state index in [0.717, 1.165) is 0 Å². The lowest BCUT2D eigenvalue weighted by Crippen LogP contribution is -2.28. The van der Waals surface area contributed by atoms with Gasteiger partial charge in [0.1, 0.15) is 25.3 Å². The second kappa shape index (κ2) is 10.5. The number of rotatable bonds is 8. The van der Waals surface area contributed by atoms with Crippen molar-refractivity contribution in [3.8, 4) is 5.88 Å². The van der Waals surface area contributed by atoms with Gasteiger partial charge >= 0.3 is 11.9 Å². The summed E-state index contributed by atoms with van der Waals surface area (Å²) in [6.07, 6.45) is 2.53. The highest BCUT2D eigenvalue weighted by Gasteiger charge is 2.39. The third kappa shape index (κ3) is 4.89.